The van der Waals surface area contributed by atoms with Crippen LogP contribution in [0.3, 0.4) is 0 Å². The average Bonchev–Trinajstić information content (AvgIpc) is 3.08. The monoisotopic (exact) mass is 320 g/mol. The van der Waals surface area contributed by atoms with Gasteiger partial charge in [-0.15, -0.1) is 0 Å². The van der Waals surface area contributed by atoms with Gasteiger partial charge in [-0.05, 0) is 30.4 Å². The van der Waals surface area contributed by atoms with E-state index in [1.165, 1.54) is 11.1 Å². The van der Waals surface area contributed by atoms with Crippen molar-refractivity contribution in [2.45, 2.75) is 38.3 Å². The minimum absolute atomic E-state index is 0.452. The first-order chi connectivity index (χ1) is 11.8. The van der Waals surface area contributed by atoms with Crippen LogP contribution in [-0.2, 0) is 13.0 Å². The Balaban J connectivity index is 1.50. The summed E-state index contributed by atoms with van der Waals surface area (Å²) in [5.74, 6) is 0. The van der Waals surface area contributed by atoms with Crippen LogP contribution in [0, 0.1) is 0 Å². The fraction of sp³-hybridized carbons (Fsp3) is 0.286. The molecule has 0 saturated heterocycles. The molecule has 24 heavy (non-hydrogen) atoms. The van der Waals surface area contributed by atoms with E-state index < -0.39 is 6.10 Å². The van der Waals surface area contributed by atoms with Gasteiger partial charge in [-0.25, -0.2) is 4.98 Å². The highest BCUT2D eigenvalue weighted by Gasteiger charge is 2.13. The van der Waals surface area contributed by atoms with Crippen LogP contribution in [0.4, 0.5) is 0 Å². The zero-order valence-corrected chi connectivity index (χ0v) is 13.9. The summed E-state index contributed by atoms with van der Waals surface area (Å²) in [5, 5.41) is 10.5. The highest BCUT2D eigenvalue weighted by Crippen LogP contribution is 2.20. The molecule has 3 heteroatoms. The second-order valence-corrected chi connectivity index (χ2v) is 6.18. The number of hydrogen-bond donors (Lipinski definition) is 1. The van der Waals surface area contributed by atoms with E-state index in [0.29, 0.717) is 0 Å². The van der Waals surface area contributed by atoms with Gasteiger partial charge in [0.05, 0.1) is 24.3 Å². The van der Waals surface area contributed by atoms with Crippen molar-refractivity contribution >= 4 is 0 Å². The Morgan fingerprint density at radius 2 is 1.54 bits per heavy atom. The normalized spacial score (nSPS) is 12.2. The molecule has 0 amide bonds. The minimum Gasteiger partial charge on any atom is -0.387 e. The molecule has 0 bridgehead atoms. The maximum absolute atomic E-state index is 10.5. The van der Waals surface area contributed by atoms with Crippen molar-refractivity contribution in [2.24, 2.45) is 0 Å². The lowest BCUT2D eigenvalue weighted by Gasteiger charge is -2.14. The van der Waals surface area contributed by atoms with Crippen LogP contribution in [-0.4, -0.2) is 14.7 Å². The zero-order valence-electron chi connectivity index (χ0n) is 13.9. The number of hydrogen-bond acceptors (Lipinski definition) is 2. The molecule has 1 heterocycles. The topological polar surface area (TPSA) is 38.1 Å². The van der Waals surface area contributed by atoms with Gasteiger partial charge in [-0.1, -0.05) is 67.1 Å². The smallest absolute Gasteiger partial charge is 0.0955 e. The molecule has 0 aliphatic rings. The first kappa shape index (κ1) is 16.5. The maximum Gasteiger partial charge on any atom is 0.0955 e. The number of nitrogens with zero attached hydrogens (tertiary/aromatic N) is 2. The Kier molecular flexibility index (Phi) is 5.80. The Labute approximate surface area is 143 Å². The predicted molar refractivity (Wildman–Crippen MR) is 96.7 cm³/mol. The van der Waals surface area contributed by atoms with Gasteiger partial charge in [0.25, 0.3) is 0 Å². The molecule has 1 aromatic heterocycles. The number of aryl methyl sites for hydroxylation is 1. The molecule has 124 valence electrons. The first-order valence-electron chi connectivity index (χ1n) is 8.59. The van der Waals surface area contributed by atoms with E-state index in [-0.39, 0.29) is 0 Å². The molecule has 0 saturated carbocycles. The predicted octanol–water partition coefficient (Wildman–Crippen LogP) is 4.38. The number of aliphatic hydroxyl groups excluding tert-OH is 1. The third-order valence-electron chi connectivity index (χ3n) is 4.32. The Bertz CT molecular complexity index is 722. The van der Waals surface area contributed by atoms with Gasteiger partial charge in [-0.3, -0.25) is 0 Å². The van der Waals surface area contributed by atoms with Crippen molar-refractivity contribution < 1.29 is 5.11 Å². The van der Waals surface area contributed by atoms with E-state index in [1.807, 2.05) is 28.8 Å². The maximum atomic E-state index is 10.5. The number of imidazole rings is 1. The highest BCUT2D eigenvalue weighted by atomic mass is 16.3. The minimum atomic E-state index is -0.452. The van der Waals surface area contributed by atoms with Crippen LogP contribution >= 0.6 is 0 Å². The molecule has 0 radical (unpaired) electrons. The molecule has 0 aliphatic heterocycles. The summed E-state index contributed by atoms with van der Waals surface area (Å²) in [7, 11) is 0. The van der Waals surface area contributed by atoms with E-state index in [4.69, 9.17) is 0 Å². The van der Waals surface area contributed by atoms with E-state index >= 15 is 0 Å². The van der Waals surface area contributed by atoms with Gasteiger partial charge in [0, 0.05) is 6.54 Å². The second-order valence-electron chi connectivity index (χ2n) is 6.18. The molecule has 3 nitrogen and oxygen atoms in total. The molecule has 3 rings (SSSR count). The van der Waals surface area contributed by atoms with Gasteiger partial charge < -0.3 is 9.67 Å². The summed E-state index contributed by atoms with van der Waals surface area (Å²) >= 11 is 0. The summed E-state index contributed by atoms with van der Waals surface area (Å²) in [6, 6.07) is 20.8. The molecule has 0 spiro atoms. The van der Waals surface area contributed by atoms with Gasteiger partial charge in [-0.2, -0.15) is 0 Å². The lowest BCUT2D eigenvalue weighted by Crippen LogP contribution is -2.08. The van der Waals surface area contributed by atoms with Crippen LogP contribution in [0.25, 0.3) is 0 Å². The average molecular weight is 320 g/mol. The van der Waals surface area contributed by atoms with E-state index in [9.17, 15) is 5.11 Å². The molecule has 2 aromatic carbocycles. The summed E-state index contributed by atoms with van der Waals surface area (Å²) in [5.41, 5.74) is 3.48. The molecule has 0 aliphatic carbocycles. The fourth-order valence-electron chi connectivity index (χ4n) is 2.98. The van der Waals surface area contributed by atoms with Crippen LogP contribution in [0.5, 0.6) is 0 Å². The van der Waals surface area contributed by atoms with Crippen molar-refractivity contribution in [3.63, 3.8) is 0 Å². The molecular weight excluding hydrogens is 296 g/mol. The quantitative estimate of drug-likeness (QED) is 0.626. The largest absolute Gasteiger partial charge is 0.387 e. The van der Waals surface area contributed by atoms with Crippen LogP contribution in [0.1, 0.15) is 42.2 Å². The van der Waals surface area contributed by atoms with Crippen molar-refractivity contribution in [1.82, 2.24) is 9.55 Å². The summed E-state index contributed by atoms with van der Waals surface area (Å²) in [6.07, 6.45) is 7.07. The molecule has 1 N–H and O–H groups in total. The van der Waals surface area contributed by atoms with Crippen LogP contribution in [0.2, 0.25) is 0 Å². The number of benzene rings is 2. The van der Waals surface area contributed by atoms with Gasteiger partial charge in [0.1, 0.15) is 0 Å². The van der Waals surface area contributed by atoms with Crippen molar-refractivity contribution in [3.05, 3.63) is 90.0 Å². The third-order valence-corrected chi connectivity index (χ3v) is 4.32. The molecule has 3 aromatic rings. The van der Waals surface area contributed by atoms with Gasteiger partial charge in [0.2, 0.25) is 0 Å². The second kappa shape index (κ2) is 8.46. The fourth-order valence-corrected chi connectivity index (χ4v) is 2.98. The summed E-state index contributed by atoms with van der Waals surface area (Å²) < 4.78 is 2.04. The van der Waals surface area contributed by atoms with Gasteiger partial charge >= 0.3 is 0 Å². The van der Waals surface area contributed by atoms with Crippen molar-refractivity contribution in [2.75, 3.05) is 0 Å². The summed E-state index contributed by atoms with van der Waals surface area (Å²) in [6.45, 7) is 0.747. The molecule has 0 fully saturated rings. The van der Waals surface area contributed by atoms with E-state index in [2.05, 4.69) is 41.4 Å². The van der Waals surface area contributed by atoms with Crippen LogP contribution < -0.4 is 0 Å². The highest BCUT2D eigenvalue weighted by molar-refractivity contribution is 5.17. The van der Waals surface area contributed by atoms with Crippen molar-refractivity contribution in [1.29, 1.82) is 0 Å². The first-order valence-corrected chi connectivity index (χ1v) is 8.59. The zero-order chi connectivity index (χ0) is 16.6. The standard InChI is InChI=1S/C21H24N2O/c24-21(14-8-7-11-18-9-3-1-4-10-18)20-15-22-17-23(20)16-19-12-5-2-6-13-19/h1-6,9-10,12-13,15,17,21,24H,7-8,11,14,16H2. The lowest BCUT2D eigenvalue weighted by molar-refractivity contribution is 0.155. The Hall–Kier alpha value is -2.39. The SMILES string of the molecule is OC(CCCCc1ccccc1)c1cncn1Cc1ccccc1. The Morgan fingerprint density at radius 3 is 2.25 bits per heavy atom. The van der Waals surface area contributed by atoms with Gasteiger partial charge in [0.15, 0.2) is 0 Å². The number of rotatable bonds is 8. The lowest BCUT2D eigenvalue weighted by atomic mass is 10.0. The molecule has 1 unspecified atom stereocenters. The van der Waals surface area contributed by atoms with E-state index in [0.717, 1.165) is 37.9 Å². The summed E-state index contributed by atoms with van der Waals surface area (Å²) in [4.78, 5) is 4.22. The molecular formula is C21H24N2O. The van der Waals surface area contributed by atoms with E-state index in [1.54, 1.807) is 12.5 Å². The number of aromatic nitrogens is 2. The third kappa shape index (κ3) is 4.56. The van der Waals surface area contributed by atoms with Crippen LogP contribution in [0.15, 0.2) is 73.2 Å². The Morgan fingerprint density at radius 1 is 0.875 bits per heavy atom. The number of unbranched alkanes of at least 4 members (excludes halogenated alkanes) is 1. The molecule has 1 atom stereocenters. The number of aliphatic hydroxyl groups is 1. The van der Waals surface area contributed by atoms with Crippen molar-refractivity contribution in [3.8, 4) is 0 Å².